The topological polar surface area (TPSA) is 119 Å². The Morgan fingerprint density at radius 2 is 1.81 bits per heavy atom. The molecule has 0 spiro atoms. The standard InChI is InChI=1S/C28H19NO7/c1-34-16-8-6-14(7-9-16)19-13-35-27-24-17(18-10-15-4-2-3-5-20(15)29-28(18)33)11-23(31)36-22(24)12-21(30)25(27)26(19)32/h2-10,12-13,17,30H,11H2,1H3,(H,29,33)/t17-/m0/s1. The van der Waals surface area contributed by atoms with Gasteiger partial charge >= 0.3 is 5.97 Å². The van der Waals surface area contributed by atoms with Crippen LogP contribution >= 0.6 is 0 Å². The van der Waals surface area contributed by atoms with Crippen LogP contribution in [-0.2, 0) is 4.79 Å². The quantitative estimate of drug-likeness (QED) is 0.289. The molecule has 1 atom stereocenters. The van der Waals surface area contributed by atoms with E-state index in [0.29, 0.717) is 28.0 Å². The van der Waals surface area contributed by atoms with Gasteiger partial charge in [-0.15, -0.1) is 0 Å². The number of hydrogen-bond acceptors (Lipinski definition) is 7. The smallest absolute Gasteiger partial charge is 0.312 e. The average molecular weight is 481 g/mol. The van der Waals surface area contributed by atoms with Gasteiger partial charge in [-0.05, 0) is 35.2 Å². The Hall–Kier alpha value is -4.85. The van der Waals surface area contributed by atoms with Gasteiger partial charge in [0.1, 0.15) is 34.5 Å². The minimum atomic E-state index is -0.743. The fourth-order valence-corrected chi connectivity index (χ4v) is 4.79. The van der Waals surface area contributed by atoms with E-state index in [2.05, 4.69) is 4.98 Å². The number of nitrogens with one attached hydrogen (secondary N) is 1. The maximum absolute atomic E-state index is 13.5. The van der Waals surface area contributed by atoms with Crippen LogP contribution < -0.4 is 20.5 Å². The average Bonchev–Trinajstić information content (AvgIpc) is 2.87. The molecule has 3 heterocycles. The predicted molar refractivity (Wildman–Crippen MR) is 133 cm³/mol. The van der Waals surface area contributed by atoms with Crippen LogP contribution in [-0.4, -0.2) is 23.2 Å². The van der Waals surface area contributed by atoms with Gasteiger partial charge in [-0.2, -0.15) is 0 Å². The lowest BCUT2D eigenvalue weighted by molar-refractivity contribution is -0.135. The molecule has 0 aliphatic carbocycles. The molecular weight excluding hydrogens is 462 g/mol. The number of aromatic hydroxyl groups is 1. The number of fused-ring (bicyclic) bond motifs is 4. The van der Waals surface area contributed by atoms with E-state index in [9.17, 15) is 19.5 Å². The fraction of sp³-hybridized carbons (Fsp3) is 0.107. The van der Waals surface area contributed by atoms with Gasteiger partial charge in [-0.3, -0.25) is 14.4 Å². The minimum absolute atomic E-state index is 0.0501. The van der Waals surface area contributed by atoms with Crippen LogP contribution in [0.2, 0.25) is 0 Å². The molecule has 0 amide bonds. The summed E-state index contributed by atoms with van der Waals surface area (Å²) in [5.41, 5.74) is 1.43. The zero-order valence-electron chi connectivity index (χ0n) is 19.0. The Bertz CT molecular complexity index is 1800. The largest absolute Gasteiger partial charge is 0.507 e. The van der Waals surface area contributed by atoms with Crippen LogP contribution in [0.1, 0.15) is 23.5 Å². The van der Waals surface area contributed by atoms with E-state index in [0.717, 1.165) is 5.39 Å². The van der Waals surface area contributed by atoms with E-state index in [1.54, 1.807) is 43.5 Å². The number of rotatable bonds is 3. The lowest BCUT2D eigenvalue weighted by atomic mass is 9.85. The number of H-pyrrole nitrogens is 1. The Morgan fingerprint density at radius 1 is 1.03 bits per heavy atom. The maximum atomic E-state index is 13.5. The Balaban J connectivity index is 1.60. The van der Waals surface area contributed by atoms with Crippen molar-refractivity contribution >= 4 is 27.8 Å². The molecule has 6 rings (SSSR count). The molecule has 1 aliphatic rings. The first-order valence-corrected chi connectivity index (χ1v) is 11.2. The first-order chi connectivity index (χ1) is 17.4. The van der Waals surface area contributed by atoms with E-state index in [1.165, 1.54) is 12.3 Å². The lowest BCUT2D eigenvalue weighted by Gasteiger charge is -2.25. The molecule has 0 saturated heterocycles. The summed E-state index contributed by atoms with van der Waals surface area (Å²) in [6, 6.07) is 17.1. The minimum Gasteiger partial charge on any atom is -0.507 e. The predicted octanol–water partition coefficient (Wildman–Crippen LogP) is 4.46. The van der Waals surface area contributed by atoms with E-state index >= 15 is 0 Å². The first kappa shape index (κ1) is 21.7. The summed E-state index contributed by atoms with van der Waals surface area (Å²) >= 11 is 0. The number of aromatic nitrogens is 1. The summed E-state index contributed by atoms with van der Waals surface area (Å²) in [6.07, 6.45) is 1.18. The van der Waals surface area contributed by atoms with Gasteiger partial charge in [0, 0.05) is 28.6 Å². The van der Waals surface area contributed by atoms with Crippen LogP contribution in [0.5, 0.6) is 17.2 Å². The highest BCUT2D eigenvalue weighted by Crippen LogP contribution is 2.45. The Kier molecular flexibility index (Phi) is 4.89. The van der Waals surface area contributed by atoms with E-state index < -0.39 is 17.3 Å². The molecule has 36 heavy (non-hydrogen) atoms. The number of benzene rings is 3. The number of esters is 1. The lowest BCUT2D eigenvalue weighted by Crippen LogP contribution is -2.26. The fourth-order valence-electron chi connectivity index (χ4n) is 4.79. The second-order valence-corrected chi connectivity index (χ2v) is 8.59. The first-order valence-electron chi connectivity index (χ1n) is 11.2. The Morgan fingerprint density at radius 3 is 2.58 bits per heavy atom. The molecule has 0 radical (unpaired) electrons. The van der Waals surface area contributed by atoms with Gasteiger partial charge in [0.2, 0.25) is 5.43 Å². The van der Waals surface area contributed by atoms with Gasteiger partial charge in [0.25, 0.3) is 5.56 Å². The number of phenols is 1. The number of para-hydroxylation sites is 1. The van der Waals surface area contributed by atoms with Crippen molar-refractivity contribution < 1.29 is 23.8 Å². The third-order valence-electron chi connectivity index (χ3n) is 6.53. The van der Waals surface area contributed by atoms with Crippen LogP contribution in [0.3, 0.4) is 0 Å². The molecule has 8 nitrogen and oxygen atoms in total. The molecule has 0 saturated carbocycles. The van der Waals surface area contributed by atoms with Crippen molar-refractivity contribution in [3.05, 3.63) is 98.6 Å². The summed E-state index contributed by atoms with van der Waals surface area (Å²) in [4.78, 5) is 41.9. The second-order valence-electron chi connectivity index (χ2n) is 8.59. The molecule has 0 fully saturated rings. The molecule has 8 heteroatoms. The van der Waals surface area contributed by atoms with Crippen LogP contribution in [0, 0.1) is 0 Å². The number of carbonyl (C=O) groups excluding carboxylic acids is 1. The number of methoxy groups -OCH3 is 1. The molecule has 0 unspecified atom stereocenters. The van der Waals surface area contributed by atoms with Gasteiger partial charge in [0.15, 0.2) is 0 Å². The van der Waals surface area contributed by atoms with Crippen molar-refractivity contribution in [2.24, 2.45) is 0 Å². The second kappa shape index (κ2) is 8.13. The van der Waals surface area contributed by atoms with Gasteiger partial charge in [0.05, 0.1) is 19.1 Å². The van der Waals surface area contributed by atoms with Crippen molar-refractivity contribution in [2.45, 2.75) is 12.3 Å². The summed E-state index contributed by atoms with van der Waals surface area (Å²) in [6.45, 7) is 0. The van der Waals surface area contributed by atoms with Crippen molar-refractivity contribution in [1.82, 2.24) is 4.98 Å². The number of ether oxygens (including phenoxy) is 2. The van der Waals surface area contributed by atoms with Gasteiger partial charge in [-0.1, -0.05) is 30.3 Å². The molecule has 1 aliphatic heterocycles. The molecule has 2 aromatic heterocycles. The third kappa shape index (κ3) is 3.34. The normalized spacial score (nSPS) is 15.0. The number of carbonyl (C=O) groups is 1. The molecule has 5 aromatic rings. The molecular formula is C28H19NO7. The number of phenolic OH excluding ortho intramolecular Hbond substituents is 1. The van der Waals surface area contributed by atoms with E-state index in [1.807, 2.05) is 18.2 Å². The van der Waals surface area contributed by atoms with Gasteiger partial charge in [-0.25, -0.2) is 0 Å². The summed E-state index contributed by atoms with van der Waals surface area (Å²) in [5.74, 6) is -1.00. The number of hydrogen-bond donors (Lipinski definition) is 2. The molecule has 3 aromatic carbocycles. The third-order valence-corrected chi connectivity index (χ3v) is 6.53. The zero-order valence-corrected chi connectivity index (χ0v) is 19.0. The highest BCUT2D eigenvalue weighted by atomic mass is 16.5. The molecule has 2 N–H and O–H groups in total. The molecule has 0 bridgehead atoms. The number of pyridine rings is 1. The van der Waals surface area contributed by atoms with E-state index in [4.69, 9.17) is 13.9 Å². The van der Waals surface area contributed by atoms with Crippen molar-refractivity contribution in [3.8, 4) is 28.4 Å². The van der Waals surface area contributed by atoms with Crippen LogP contribution in [0.4, 0.5) is 0 Å². The van der Waals surface area contributed by atoms with Crippen molar-refractivity contribution in [1.29, 1.82) is 0 Å². The van der Waals surface area contributed by atoms with Crippen LogP contribution in [0.25, 0.3) is 33.0 Å². The summed E-state index contributed by atoms with van der Waals surface area (Å²) in [7, 11) is 1.55. The van der Waals surface area contributed by atoms with Crippen LogP contribution in [0.15, 0.2) is 80.9 Å². The summed E-state index contributed by atoms with van der Waals surface area (Å²) < 4.78 is 16.5. The maximum Gasteiger partial charge on any atom is 0.312 e. The number of aromatic amines is 1. The SMILES string of the molecule is COc1ccc(-c2coc3c4c(cc(O)c3c2=O)OC(=O)C[C@H]4c2cc3ccccc3[nH]c2=O)cc1. The summed E-state index contributed by atoms with van der Waals surface area (Å²) in [5, 5.41) is 11.5. The zero-order chi connectivity index (χ0) is 25.0. The van der Waals surface area contributed by atoms with Crippen molar-refractivity contribution in [3.63, 3.8) is 0 Å². The van der Waals surface area contributed by atoms with Gasteiger partial charge < -0.3 is 24.0 Å². The Labute approximate surface area is 203 Å². The highest BCUT2D eigenvalue weighted by molar-refractivity contribution is 5.94. The monoisotopic (exact) mass is 481 g/mol. The highest BCUT2D eigenvalue weighted by Gasteiger charge is 2.35. The van der Waals surface area contributed by atoms with E-state index in [-0.39, 0.29) is 40.0 Å². The molecule has 178 valence electrons. The van der Waals surface area contributed by atoms with Crippen molar-refractivity contribution in [2.75, 3.05) is 7.11 Å².